The van der Waals surface area contributed by atoms with Crippen molar-refractivity contribution in [1.82, 2.24) is 10.4 Å². The second kappa shape index (κ2) is 10.5. The molecule has 0 spiro atoms. The number of amides is 4. The Kier molecular flexibility index (Phi) is 7.26. The van der Waals surface area contributed by atoms with Crippen LogP contribution in [0.25, 0.3) is 0 Å². The van der Waals surface area contributed by atoms with Gasteiger partial charge in [-0.3, -0.25) is 24.6 Å². The van der Waals surface area contributed by atoms with E-state index >= 15 is 0 Å². The van der Waals surface area contributed by atoms with Crippen LogP contribution in [0.4, 0.5) is 5.69 Å². The van der Waals surface area contributed by atoms with Crippen molar-refractivity contribution in [2.24, 2.45) is 0 Å². The number of thiophene rings is 1. The van der Waals surface area contributed by atoms with E-state index in [-0.39, 0.29) is 19.4 Å². The van der Waals surface area contributed by atoms with Gasteiger partial charge in [0.05, 0.1) is 18.5 Å². The van der Waals surface area contributed by atoms with E-state index < -0.39 is 29.7 Å². The van der Waals surface area contributed by atoms with Crippen molar-refractivity contribution >= 4 is 40.7 Å². The van der Waals surface area contributed by atoms with Gasteiger partial charge in [-0.15, -0.1) is 11.3 Å². The Hall–Kier alpha value is -3.98. The van der Waals surface area contributed by atoms with Crippen molar-refractivity contribution in [3.05, 3.63) is 82.0 Å². The molecule has 1 N–H and O–H groups in total. The molecule has 4 rings (SSSR count). The molecule has 1 atom stereocenters. The molecular weight excluding hydrogens is 466 g/mol. The molecule has 1 aliphatic heterocycles. The van der Waals surface area contributed by atoms with Gasteiger partial charge in [-0.2, -0.15) is 0 Å². The number of imide groups is 1. The number of hydrogen-bond acceptors (Lipinski definition) is 6. The molecule has 35 heavy (non-hydrogen) atoms. The van der Waals surface area contributed by atoms with E-state index in [2.05, 4.69) is 5.43 Å². The zero-order chi connectivity index (χ0) is 24.9. The van der Waals surface area contributed by atoms with Crippen LogP contribution < -0.4 is 15.1 Å². The third-order valence-corrected chi connectivity index (χ3v) is 6.59. The number of nitrogens with zero attached hydrogens (tertiary/aromatic N) is 2. The number of carbonyl (C=O) groups is 4. The average molecular weight is 492 g/mol. The second-order valence-electron chi connectivity index (χ2n) is 8.21. The van der Waals surface area contributed by atoms with Crippen LogP contribution in [0.1, 0.15) is 22.4 Å². The van der Waals surface area contributed by atoms with Crippen molar-refractivity contribution in [3.63, 3.8) is 0 Å². The summed E-state index contributed by atoms with van der Waals surface area (Å²) < 4.78 is 5.47. The summed E-state index contributed by atoms with van der Waals surface area (Å²) in [5, 5.41) is 2.82. The number of carbonyl (C=O) groups excluding carboxylic acids is 4. The highest BCUT2D eigenvalue weighted by Crippen LogP contribution is 2.27. The van der Waals surface area contributed by atoms with E-state index in [4.69, 9.17) is 4.74 Å². The first-order chi connectivity index (χ1) is 16.8. The summed E-state index contributed by atoms with van der Waals surface area (Å²) in [7, 11) is 0. The zero-order valence-corrected chi connectivity index (χ0v) is 20.2. The Balaban J connectivity index is 1.54. The fourth-order valence-electron chi connectivity index (χ4n) is 3.75. The first kappa shape index (κ1) is 24.2. The number of hydrazine groups is 1. The maximum Gasteiger partial charge on any atom is 0.276 e. The summed E-state index contributed by atoms with van der Waals surface area (Å²) >= 11 is 1.39. The largest absolute Gasteiger partial charge is 0.484 e. The number of anilines is 1. The Morgan fingerprint density at radius 3 is 2.51 bits per heavy atom. The lowest BCUT2D eigenvalue weighted by Crippen LogP contribution is -2.56. The van der Waals surface area contributed by atoms with Crippen LogP contribution in [0.2, 0.25) is 0 Å². The van der Waals surface area contributed by atoms with Crippen molar-refractivity contribution < 1.29 is 23.9 Å². The Morgan fingerprint density at radius 1 is 1.06 bits per heavy atom. The van der Waals surface area contributed by atoms with Crippen molar-refractivity contribution in [2.75, 3.05) is 11.5 Å². The summed E-state index contributed by atoms with van der Waals surface area (Å²) in [5.74, 6) is -1.62. The predicted molar refractivity (Wildman–Crippen MR) is 132 cm³/mol. The molecule has 1 unspecified atom stereocenters. The maximum absolute atomic E-state index is 13.4. The first-order valence-corrected chi connectivity index (χ1v) is 12.0. The van der Waals surface area contributed by atoms with Gasteiger partial charge >= 0.3 is 0 Å². The van der Waals surface area contributed by atoms with E-state index in [0.29, 0.717) is 11.4 Å². The number of nitrogens with one attached hydrogen (secondary N) is 1. The molecule has 0 saturated carbocycles. The molecule has 2 aromatic carbocycles. The highest BCUT2D eigenvalue weighted by Gasteiger charge is 2.45. The van der Waals surface area contributed by atoms with E-state index in [0.717, 1.165) is 25.9 Å². The summed E-state index contributed by atoms with van der Waals surface area (Å²) in [6.45, 7) is 3.47. The van der Waals surface area contributed by atoms with Gasteiger partial charge in [0.15, 0.2) is 6.61 Å². The molecule has 1 aliphatic rings. The van der Waals surface area contributed by atoms with E-state index in [1.165, 1.54) is 11.3 Å². The Bertz CT molecular complexity index is 1240. The van der Waals surface area contributed by atoms with Crippen molar-refractivity contribution in [1.29, 1.82) is 0 Å². The highest BCUT2D eigenvalue weighted by atomic mass is 32.1. The topological polar surface area (TPSA) is 96.0 Å². The quantitative estimate of drug-likeness (QED) is 0.405. The summed E-state index contributed by atoms with van der Waals surface area (Å²) in [6, 6.07) is 16.5. The lowest BCUT2D eigenvalue weighted by atomic mass is 10.1. The number of benzene rings is 2. The lowest BCUT2D eigenvalue weighted by molar-refractivity contribution is -0.147. The molecule has 1 aromatic heterocycles. The maximum atomic E-state index is 13.4. The molecule has 0 bridgehead atoms. The third kappa shape index (κ3) is 5.58. The van der Waals surface area contributed by atoms with Crippen LogP contribution in [0.3, 0.4) is 0 Å². The summed E-state index contributed by atoms with van der Waals surface area (Å²) in [5.41, 5.74) is 4.91. The summed E-state index contributed by atoms with van der Waals surface area (Å²) in [6.07, 6.45) is -0.249. The minimum atomic E-state index is -1.16. The number of hydrogen-bond donors (Lipinski definition) is 1. The van der Waals surface area contributed by atoms with Crippen molar-refractivity contribution in [3.8, 4) is 5.75 Å². The monoisotopic (exact) mass is 491 g/mol. The summed E-state index contributed by atoms with van der Waals surface area (Å²) in [4.78, 5) is 53.9. The molecule has 0 radical (unpaired) electrons. The van der Waals surface area contributed by atoms with E-state index in [1.54, 1.807) is 42.5 Å². The number of para-hydroxylation sites is 1. The van der Waals surface area contributed by atoms with Crippen molar-refractivity contribution in [2.45, 2.75) is 32.7 Å². The molecule has 180 valence electrons. The fraction of sp³-hybridized carbons (Fsp3) is 0.231. The van der Waals surface area contributed by atoms with Gasteiger partial charge in [-0.1, -0.05) is 30.3 Å². The molecule has 9 heteroatoms. The number of aryl methyl sites for hydroxylation is 2. The van der Waals surface area contributed by atoms with Gasteiger partial charge < -0.3 is 4.74 Å². The Labute approximate surface area is 207 Å². The smallest absolute Gasteiger partial charge is 0.276 e. The molecule has 0 aliphatic carbocycles. The average Bonchev–Trinajstić information content (AvgIpc) is 3.46. The number of rotatable bonds is 7. The predicted octanol–water partition coefficient (Wildman–Crippen LogP) is 3.18. The molecule has 8 nitrogen and oxygen atoms in total. The lowest BCUT2D eigenvalue weighted by Gasteiger charge is -2.28. The second-order valence-corrected chi connectivity index (χ2v) is 9.24. The standard InChI is InChI=1S/C26H25N3O5S/c1-17-10-11-19(13-18(17)2)28-24(31)15-22(26(28)33)29(25(32)14-21-9-6-12-35-21)27-23(30)16-34-20-7-4-3-5-8-20/h3-13,22H,14-16H2,1-2H3,(H,27,30). The van der Waals surface area contributed by atoms with Gasteiger partial charge in [-0.05, 0) is 60.7 Å². The van der Waals surface area contributed by atoms with Crippen LogP contribution >= 0.6 is 11.3 Å². The third-order valence-electron chi connectivity index (χ3n) is 5.72. The molecule has 1 saturated heterocycles. The SMILES string of the molecule is Cc1ccc(N2C(=O)CC(N(NC(=O)COc3ccccc3)C(=O)Cc3cccs3)C2=O)cc1C. The van der Waals surface area contributed by atoms with Gasteiger partial charge in [0.1, 0.15) is 11.8 Å². The van der Waals surface area contributed by atoms with Gasteiger partial charge in [0.25, 0.3) is 11.8 Å². The molecule has 2 heterocycles. The van der Waals surface area contributed by atoms with Crippen LogP contribution in [0.5, 0.6) is 5.75 Å². The number of ether oxygens (including phenoxy) is 1. The van der Waals surface area contributed by atoms with E-state index in [1.807, 2.05) is 37.4 Å². The first-order valence-electron chi connectivity index (χ1n) is 11.1. The van der Waals surface area contributed by atoms with Crippen LogP contribution in [0.15, 0.2) is 66.0 Å². The van der Waals surface area contributed by atoms with Crippen LogP contribution in [0, 0.1) is 13.8 Å². The van der Waals surface area contributed by atoms with Gasteiger partial charge in [0, 0.05) is 4.88 Å². The zero-order valence-electron chi connectivity index (χ0n) is 19.4. The molecular formula is C26H25N3O5S. The Morgan fingerprint density at radius 2 is 1.83 bits per heavy atom. The molecule has 3 aromatic rings. The van der Waals surface area contributed by atoms with Gasteiger partial charge in [0.2, 0.25) is 11.8 Å². The van der Waals surface area contributed by atoms with E-state index in [9.17, 15) is 19.2 Å². The van der Waals surface area contributed by atoms with Gasteiger partial charge in [-0.25, -0.2) is 9.91 Å². The minimum absolute atomic E-state index is 0.0148. The molecule has 1 fully saturated rings. The molecule has 4 amide bonds. The highest BCUT2D eigenvalue weighted by molar-refractivity contribution is 7.10. The normalized spacial score (nSPS) is 15.3. The fourth-order valence-corrected chi connectivity index (χ4v) is 4.44. The minimum Gasteiger partial charge on any atom is -0.484 e. The van der Waals surface area contributed by atoms with Crippen LogP contribution in [-0.2, 0) is 25.6 Å². The van der Waals surface area contributed by atoms with Crippen LogP contribution in [-0.4, -0.2) is 41.3 Å².